The van der Waals surface area contributed by atoms with Crippen molar-refractivity contribution in [2.75, 3.05) is 10.8 Å². The summed E-state index contributed by atoms with van der Waals surface area (Å²) in [5.74, 6) is 0.658. The van der Waals surface area contributed by atoms with E-state index in [-0.39, 0.29) is 11.4 Å². The lowest BCUT2D eigenvalue weighted by Crippen LogP contribution is -2.31. The van der Waals surface area contributed by atoms with E-state index in [0.29, 0.717) is 28.6 Å². The summed E-state index contributed by atoms with van der Waals surface area (Å²) >= 11 is 5.86. The average molecular weight is 376 g/mol. The fourth-order valence-electron chi connectivity index (χ4n) is 2.43. The molecule has 0 aliphatic carbocycles. The summed E-state index contributed by atoms with van der Waals surface area (Å²) in [4.78, 5) is 0.0553. The third-order valence-electron chi connectivity index (χ3n) is 3.68. The quantitative estimate of drug-likeness (QED) is 0.639. The van der Waals surface area contributed by atoms with Crippen LogP contribution in [0.3, 0.4) is 0 Å². The maximum atomic E-state index is 13.1. The van der Waals surface area contributed by atoms with E-state index in [1.165, 1.54) is 12.3 Å². The first-order valence-corrected chi connectivity index (χ1v) is 9.28. The minimum absolute atomic E-state index is 0.0553. The molecule has 128 valence electrons. The molecule has 0 aliphatic heterocycles. The van der Waals surface area contributed by atoms with E-state index in [0.717, 1.165) is 4.31 Å². The van der Waals surface area contributed by atoms with Gasteiger partial charge in [0.1, 0.15) is 17.3 Å². The minimum Gasteiger partial charge on any atom is -0.285 e. The predicted molar refractivity (Wildman–Crippen MR) is 94.0 cm³/mol. The number of nitrogens with zero attached hydrogens (tertiary/aromatic N) is 5. The molecule has 3 rings (SSSR count). The number of aryl methyl sites for hydroxylation is 1. The normalized spacial score (nSPS) is 11.4. The number of fused-ring (bicyclic) bond motifs is 1. The highest BCUT2D eigenvalue weighted by Gasteiger charge is 2.25. The second-order valence-corrected chi connectivity index (χ2v) is 7.51. The van der Waals surface area contributed by atoms with Crippen LogP contribution in [0.1, 0.15) is 12.7 Å². The fraction of sp³-hybridized carbons (Fsp3) is 0.188. The Kier molecular flexibility index (Phi) is 4.61. The third kappa shape index (κ3) is 3.16. The Morgan fingerprint density at radius 3 is 2.56 bits per heavy atom. The summed E-state index contributed by atoms with van der Waals surface area (Å²) in [6.45, 7) is 1.60. The highest BCUT2D eigenvalue weighted by atomic mass is 35.5. The molecule has 1 aromatic carbocycles. The topological polar surface area (TPSA) is 91.4 Å². The van der Waals surface area contributed by atoms with Crippen LogP contribution in [-0.4, -0.2) is 29.6 Å². The number of pyridine rings is 1. The minimum atomic E-state index is -3.93. The van der Waals surface area contributed by atoms with Gasteiger partial charge in [0.25, 0.3) is 10.0 Å². The molecular weight excluding hydrogens is 362 g/mol. The van der Waals surface area contributed by atoms with Crippen molar-refractivity contribution < 1.29 is 8.42 Å². The second kappa shape index (κ2) is 6.70. The largest absolute Gasteiger partial charge is 0.285 e. The smallest absolute Gasteiger partial charge is 0.266 e. The van der Waals surface area contributed by atoms with Gasteiger partial charge >= 0.3 is 0 Å². The van der Waals surface area contributed by atoms with Crippen LogP contribution in [0, 0.1) is 11.3 Å². The highest BCUT2D eigenvalue weighted by molar-refractivity contribution is 7.92. The molecule has 7 nitrogen and oxygen atoms in total. The van der Waals surface area contributed by atoms with Gasteiger partial charge < -0.3 is 0 Å². The average Bonchev–Trinajstić information content (AvgIpc) is 3.03. The molecule has 0 atom stereocenters. The molecule has 0 fully saturated rings. The van der Waals surface area contributed by atoms with Crippen molar-refractivity contribution in [1.82, 2.24) is 14.6 Å². The number of benzene rings is 1. The molecule has 0 amide bonds. The molecule has 25 heavy (non-hydrogen) atoms. The lowest BCUT2D eigenvalue weighted by atomic mass is 10.3. The Labute approximate surface area is 150 Å². The maximum Gasteiger partial charge on any atom is 0.266 e. The zero-order valence-corrected chi connectivity index (χ0v) is 14.9. The number of hydrogen-bond donors (Lipinski definition) is 0. The molecule has 9 heteroatoms. The van der Waals surface area contributed by atoms with Crippen LogP contribution >= 0.6 is 11.6 Å². The summed E-state index contributed by atoms with van der Waals surface area (Å²) in [6, 6.07) is 11.2. The standard InChI is InChI=1S/C16H14ClN5O2S/c1-2-15-19-20-16-8-7-14(11-21(15)16)25(23,24)22(10-9-18)13-5-3-12(17)4-6-13/h3-8,11H,2,10H2,1H3. The first kappa shape index (κ1) is 17.2. The molecule has 0 saturated carbocycles. The number of anilines is 1. The monoisotopic (exact) mass is 375 g/mol. The SMILES string of the molecule is CCc1nnc2ccc(S(=O)(=O)N(CC#N)c3ccc(Cl)cc3)cn12. The van der Waals surface area contributed by atoms with Crippen molar-refractivity contribution in [3.8, 4) is 6.07 Å². The van der Waals surface area contributed by atoms with Crippen LogP contribution in [0.15, 0.2) is 47.5 Å². The van der Waals surface area contributed by atoms with E-state index in [9.17, 15) is 8.42 Å². The van der Waals surface area contributed by atoms with Gasteiger partial charge in [-0.05, 0) is 36.4 Å². The molecule has 0 N–H and O–H groups in total. The first-order chi connectivity index (χ1) is 12.0. The van der Waals surface area contributed by atoms with Crippen molar-refractivity contribution in [2.45, 2.75) is 18.2 Å². The molecule has 0 aliphatic rings. The van der Waals surface area contributed by atoms with Crippen LogP contribution in [0.25, 0.3) is 5.65 Å². The summed E-state index contributed by atoms with van der Waals surface area (Å²) in [6.07, 6.45) is 2.09. The van der Waals surface area contributed by atoms with Crippen molar-refractivity contribution in [2.24, 2.45) is 0 Å². The zero-order chi connectivity index (χ0) is 18.0. The summed E-state index contributed by atoms with van der Waals surface area (Å²) in [7, 11) is -3.93. The van der Waals surface area contributed by atoms with Gasteiger partial charge in [-0.25, -0.2) is 8.42 Å². The Balaban J connectivity index is 2.12. The van der Waals surface area contributed by atoms with Crippen LogP contribution in [-0.2, 0) is 16.4 Å². The first-order valence-electron chi connectivity index (χ1n) is 7.46. The lowest BCUT2D eigenvalue weighted by molar-refractivity contribution is 0.592. The molecule has 0 unspecified atom stereocenters. The van der Waals surface area contributed by atoms with Gasteiger partial charge in [0.2, 0.25) is 0 Å². The van der Waals surface area contributed by atoms with Crippen molar-refractivity contribution in [3.63, 3.8) is 0 Å². The highest BCUT2D eigenvalue weighted by Crippen LogP contribution is 2.25. The zero-order valence-electron chi connectivity index (χ0n) is 13.3. The molecule has 0 saturated heterocycles. The summed E-state index contributed by atoms with van der Waals surface area (Å²) in [5, 5.41) is 17.6. The molecule has 3 aromatic rings. The third-order valence-corrected chi connectivity index (χ3v) is 5.69. The van der Waals surface area contributed by atoms with Gasteiger partial charge in [-0.2, -0.15) is 5.26 Å². The van der Waals surface area contributed by atoms with E-state index < -0.39 is 10.0 Å². The van der Waals surface area contributed by atoms with Gasteiger partial charge in [-0.15, -0.1) is 10.2 Å². The summed E-state index contributed by atoms with van der Waals surface area (Å²) in [5.41, 5.74) is 0.930. The van der Waals surface area contributed by atoms with Crippen LogP contribution in [0.2, 0.25) is 5.02 Å². The van der Waals surface area contributed by atoms with Crippen LogP contribution in [0.4, 0.5) is 5.69 Å². The Hall–Kier alpha value is -2.63. The Bertz CT molecular complexity index is 1050. The number of aromatic nitrogens is 3. The second-order valence-electron chi connectivity index (χ2n) is 5.21. The molecule has 0 spiro atoms. The van der Waals surface area contributed by atoms with Crippen molar-refractivity contribution >= 4 is 33.0 Å². The Morgan fingerprint density at radius 2 is 1.92 bits per heavy atom. The van der Waals surface area contributed by atoms with E-state index in [2.05, 4.69) is 10.2 Å². The molecule has 2 heterocycles. The Morgan fingerprint density at radius 1 is 1.20 bits per heavy atom. The number of sulfonamides is 1. The van der Waals surface area contributed by atoms with Crippen molar-refractivity contribution in [3.05, 3.63) is 53.4 Å². The van der Waals surface area contributed by atoms with Gasteiger partial charge in [-0.1, -0.05) is 18.5 Å². The van der Waals surface area contributed by atoms with Crippen LogP contribution < -0.4 is 4.31 Å². The van der Waals surface area contributed by atoms with E-state index >= 15 is 0 Å². The van der Waals surface area contributed by atoms with Gasteiger partial charge in [0.15, 0.2) is 5.65 Å². The lowest BCUT2D eigenvalue weighted by Gasteiger charge is -2.21. The van der Waals surface area contributed by atoms with Crippen LogP contribution in [0.5, 0.6) is 0 Å². The molecular formula is C16H14ClN5O2S. The maximum absolute atomic E-state index is 13.1. The number of rotatable bonds is 5. The fourth-order valence-corrected chi connectivity index (χ4v) is 3.91. The number of nitriles is 1. The van der Waals surface area contributed by atoms with E-state index in [1.807, 2.05) is 13.0 Å². The summed E-state index contributed by atoms with van der Waals surface area (Å²) < 4.78 is 28.8. The number of hydrogen-bond acceptors (Lipinski definition) is 5. The predicted octanol–water partition coefficient (Wildman–Crippen LogP) is 2.66. The van der Waals surface area contributed by atoms with E-state index in [4.69, 9.17) is 16.9 Å². The van der Waals surface area contributed by atoms with E-state index in [1.54, 1.807) is 34.7 Å². The molecule has 2 aromatic heterocycles. The molecule has 0 radical (unpaired) electrons. The van der Waals surface area contributed by atoms with Gasteiger partial charge in [0, 0.05) is 17.6 Å². The van der Waals surface area contributed by atoms with Gasteiger partial charge in [-0.3, -0.25) is 8.71 Å². The molecule has 0 bridgehead atoms. The number of halogens is 1. The van der Waals surface area contributed by atoms with Crippen molar-refractivity contribution in [1.29, 1.82) is 5.26 Å². The van der Waals surface area contributed by atoms with Gasteiger partial charge in [0.05, 0.1) is 11.8 Å².